The molecule has 1 fully saturated rings. The van der Waals surface area contributed by atoms with Crippen LogP contribution in [0.1, 0.15) is 0 Å². The fourth-order valence-corrected chi connectivity index (χ4v) is 4.61. The van der Waals surface area contributed by atoms with Crippen molar-refractivity contribution in [1.29, 1.82) is 0 Å². The Morgan fingerprint density at radius 1 is 1.22 bits per heavy atom. The molecule has 1 aliphatic rings. The first-order valence-corrected chi connectivity index (χ1v) is 8.51. The summed E-state index contributed by atoms with van der Waals surface area (Å²) in [6, 6.07) is 11.2. The van der Waals surface area contributed by atoms with E-state index in [0.29, 0.717) is 5.39 Å². The Kier molecular flexibility index (Phi) is 3.88. The molecule has 0 radical (unpaired) electrons. The molecule has 1 heterocycles. The van der Waals surface area contributed by atoms with Gasteiger partial charge in [-0.1, -0.05) is 36.4 Å². The summed E-state index contributed by atoms with van der Waals surface area (Å²) >= 11 is 0. The smallest absolute Gasteiger partial charge is 0.349 e. The number of ether oxygens (including phenoxy) is 1. The Labute approximate surface area is 134 Å². The predicted octanol–water partition coefficient (Wildman–Crippen LogP) is 2.21. The number of nitrogens with zero attached hydrogens (tertiary/aromatic N) is 1. The maximum Gasteiger partial charge on any atom is 0.349 e. The lowest BCUT2D eigenvalue weighted by Crippen LogP contribution is -2.55. The number of esters is 1. The van der Waals surface area contributed by atoms with Gasteiger partial charge < -0.3 is 10.5 Å². The highest BCUT2D eigenvalue weighted by Gasteiger charge is 2.45. The minimum Gasteiger partial charge on any atom is -0.461 e. The van der Waals surface area contributed by atoms with Gasteiger partial charge in [0.15, 0.2) is 0 Å². The van der Waals surface area contributed by atoms with Crippen LogP contribution >= 0.6 is 10.6 Å². The number of rotatable bonds is 2. The topological polar surface area (TPSA) is 113 Å². The first kappa shape index (κ1) is 15.6. The van der Waals surface area contributed by atoms with Crippen molar-refractivity contribution in [2.45, 2.75) is 10.3 Å². The van der Waals surface area contributed by atoms with Crippen molar-refractivity contribution in [2.24, 2.45) is 5.73 Å². The fourth-order valence-electron chi connectivity index (χ4n) is 2.68. The van der Waals surface area contributed by atoms with Crippen LogP contribution in [-0.2, 0) is 9.53 Å². The van der Waals surface area contributed by atoms with Crippen LogP contribution in [0.3, 0.4) is 0 Å². The summed E-state index contributed by atoms with van der Waals surface area (Å²) in [6.45, 7) is -0.00426. The van der Waals surface area contributed by atoms with Crippen LogP contribution < -0.4 is 5.73 Å². The van der Waals surface area contributed by atoms with Crippen molar-refractivity contribution in [1.82, 2.24) is 4.90 Å². The Morgan fingerprint density at radius 2 is 1.91 bits per heavy atom. The average molecular weight is 336 g/mol. The zero-order chi connectivity index (χ0) is 16.6. The van der Waals surface area contributed by atoms with Gasteiger partial charge in [-0.2, -0.15) is 0 Å². The molecule has 4 N–H and O–H groups in total. The monoisotopic (exact) mass is 336 g/mol. The zero-order valence-electron chi connectivity index (χ0n) is 12.1. The molecule has 1 aliphatic heterocycles. The first-order valence-electron chi connectivity index (χ1n) is 6.90. The molecule has 0 aromatic heterocycles. The quantitative estimate of drug-likeness (QED) is 0.728. The number of primary amides is 1. The lowest BCUT2D eigenvalue weighted by molar-refractivity contribution is -0.151. The number of carbonyl (C=O) groups excluding carboxylic acids is 2. The fraction of sp³-hybridized carbons (Fsp3) is 0.200. The molecule has 1 atom stereocenters. The number of hydrogen-bond acceptors (Lipinski definition) is 5. The van der Waals surface area contributed by atoms with Gasteiger partial charge in [-0.3, -0.25) is 14.0 Å². The van der Waals surface area contributed by atoms with Crippen molar-refractivity contribution in [3.63, 3.8) is 0 Å². The lowest BCUT2D eigenvalue weighted by Gasteiger charge is -2.45. The van der Waals surface area contributed by atoms with Gasteiger partial charge in [0, 0.05) is 5.39 Å². The largest absolute Gasteiger partial charge is 0.461 e. The number of nitrogens with two attached hydrogens (primary N) is 1. The van der Waals surface area contributed by atoms with Gasteiger partial charge in [-0.15, -0.1) is 10.6 Å². The molecule has 0 spiro atoms. The normalized spacial score (nSPS) is 19.5. The van der Waals surface area contributed by atoms with Crippen LogP contribution in [0.2, 0.25) is 0 Å². The summed E-state index contributed by atoms with van der Waals surface area (Å²) in [4.78, 5) is 24.8. The molecule has 2 aromatic rings. The van der Waals surface area contributed by atoms with E-state index in [2.05, 4.69) is 0 Å². The van der Waals surface area contributed by atoms with Gasteiger partial charge in [0.2, 0.25) is 5.37 Å². The van der Waals surface area contributed by atoms with Gasteiger partial charge in [-0.05, 0) is 11.5 Å². The van der Waals surface area contributed by atoms with Gasteiger partial charge >= 0.3 is 12.0 Å². The number of fused-ring (bicyclic) bond motifs is 1. The van der Waals surface area contributed by atoms with Crippen molar-refractivity contribution >= 4 is 33.4 Å². The van der Waals surface area contributed by atoms with Crippen molar-refractivity contribution in [3.05, 3.63) is 42.5 Å². The number of benzene rings is 2. The van der Waals surface area contributed by atoms with Gasteiger partial charge in [-0.25, -0.2) is 9.59 Å². The lowest BCUT2D eigenvalue weighted by atomic mass is 10.1. The van der Waals surface area contributed by atoms with E-state index in [1.165, 1.54) is 6.07 Å². The minimum atomic E-state index is -3.68. The molecule has 2 amide bonds. The zero-order valence-corrected chi connectivity index (χ0v) is 12.9. The summed E-state index contributed by atoms with van der Waals surface area (Å²) in [7, 11) is -3.68. The second-order valence-electron chi connectivity index (χ2n) is 5.12. The first-order chi connectivity index (χ1) is 10.9. The van der Waals surface area contributed by atoms with E-state index >= 15 is 0 Å². The summed E-state index contributed by atoms with van der Waals surface area (Å²) in [5, 5.41) is -0.155. The van der Waals surface area contributed by atoms with Crippen LogP contribution in [0.15, 0.2) is 47.4 Å². The molecule has 0 saturated carbocycles. The molecule has 1 saturated heterocycles. The third-order valence-corrected chi connectivity index (χ3v) is 5.80. The van der Waals surface area contributed by atoms with Gasteiger partial charge in [0.1, 0.15) is 6.61 Å². The molecule has 1 unspecified atom stereocenters. The van der Waals surface area contributed by atoms with E-state index in [-0.39, 0.29) is 18.0 Å². The second kappa shape index (κ2) is 5.73. The third kappa shape index (κ3) is 2.61. The standard InChI is InChI=1S/C15H16N2O5S/c16-15(19)17-8-9-22-14(18)13(17)23(20,21)12-7-3-5-10-4-1-2-6-11(10)12/h1-7,13,20-21H,8-9H2,(H2,16,19). The molecular weight excluding hydrogens is 320 g/mol. The molecule has 8 heteroatoms. The van der Waals surface area contributed by atoms with Gasteiger partial charge in [0.05, 0.1) is 11.4 Å². The van der Waals surface area contributed by atoms with E-state index in [4.69, 9.17) is 10.5 Å². The van der Waals surface area contributed by atoms with E-state index < -0.39 is 28.0 Å². The summed E-state index contributed by atoms with van der Waals surface area (Å²) in [6.07, 6.45) is 0. The van der Waals surface area contributed by atoms with Crippen LogP contribution in [0.5, 0.6) is 0 Å². The van der Waals surface area contributed by atoms with E-state index in [1.807, 2.05) is 18.2 Å². The highest BCUT2D eigenvalue weighted by atomic mass is 32.3. The Morgan fingerprint density at radius 3 is 2.65 bits per heavy atom. The maximum atomic E-state index is 12.1. The molecule has 122 valence electrons. The van der Waals surface area contributed by atoms with E-state index in [9.17, 15) is 18.7 Å². The Bertz CT molecular complexity index is 774. The van der Waals surface area contributed by atoms with Crippen LogP contribution in [0.4, 0.5) is 4.79 Å². The van der Waals surface area contributed by atoms with Crippen molar-refractivity contribution in [3.8, 4) is 0 Å². The van der Waals surface area contributed by atoms with Crippen LogP contribution in [0, 0.1) is 0 Å². The van der Waals surface area contributed by atoms with E-state index in [0.717, 1.165) is 10.3 Å². The third-order valence-electron chi connectivity index (χ3n) is 3.73. The maximum absolute atomic E-state index is 12.1. The second-order valence-corrected chi connectivity index (χ2v) is 7.19. The highest BCUT2D eigenvalue weighted by molar-refractivity contribution is 8.25. The molecule has 7 nitrogen and oxygen atoms in total. The van der Waals surface area contributed by atoms with Crippen LogP contribution in [0.25, 0.3) is 10.8 Å². The number of morpholine rings is 1. The summed E-state index contributed by atoms with van der Waals surface area (Å²) in [5.74, 6) is -0.872. The Balaban J connectivity index is 2.15. The molecule has 0 aliphatic carbocycles. The summed E-state index contributed by atoms with van der Waals surface area (Å²) in [5.41, 5.74) is 5.28. The molecule has 2 aromatic carbocycles. The molecular formula is C15H16N2O5S. The molecule has 3 rings (SSSR count). The van der Waals surface area contributed by atoms with Crippen LogP contribution in [-0.4, -0.2) is 44.5 Å². The average Bonchev–Trinajstić information content (AvgIpc) is 2.53. The number of urea groups is 1. The molecule has 0 bridgehead atoms. The number of cyclic esters (lactones) is 1. The number of hydrogen-bond donors (Lipinski definition) is 3. The SMILES string of the molecule is NC(=O)N1CCOC(=O)C1S(O)(O)c1cccc2ccccc12. The minimum absolute atomic E-state index is 0.0202. The van der Waals surface area contributed by atoms with Crippen molar-refractivity contribution < 1.29 is 23.4 Å². The number of amides is 2. The summed E-state index contributed by atoms with van der Waals surface area (Å²) < 4.78 is 26.5. The highest BCUT2D eigenvalue weighted by Crippen LogP contribution is 2.56. The Hall–Kier alpha value is -2.29. The number of carbonyl (C=O) groups is 2. The van der Waals surface area contributed by atoms with Gasteiger partial charge in [0.25, 0.3) is 0 Å². The molecule has 23 heavy (non-hydrogen) atoms. The predicted molar refractivity (Wildman–Crippen MR) is 86.1 cm³/mol. The van der Waals surface area contributed by atoms with E-state index in [1.54, 1.807) is 18.2 Å². The van der Waals surface area contributed by atoms with Crippen molar-refractivity contribution in [2.75, 3.05) is 13.2 Å².